The van der Waals surface area contributed by atoms with Crippen molar-refractivity contribution in [2.45, 2.75) is 59.2 Å². The van der Waals surface area contributed by atoms with Crippen LogP contribution in [0, 0.1) is 0 Å². The molecule has 138 valence electrons. The summed E-state index contributed by atoms with van der Waals surface area (Å²) in [6.45, 7) is 13.9. The number of guanidine groups is 1. The van der Waals surface area contributed by atoms with Gasteiger partial charge in [0.25, 0.3) is 0 Å². The second-order valence-corrected chi connectivity index (χ2v) is 6.46. The van der Waals surface area contributed by atoms with Gasteiger partial charge in [-0.15, -0.1) is 0 Å². The summed E-state index contributed by atoms with van der Waals surface area (Å²) in [4.78, 5) is 6.91. The summed E-state index contributed by atoms with van der Waals surface area (Å²) in [7, 11) is 0. The number of nitrogens with one attached hydrogen (secondary N) is 2. The first kappa shape index (κ1) is 20.5. The zero-order valence-electron chi connectivity index (χ0n) is 15.7. The molecule has 0 saturated heterocycles. The van der Waals surface area contributed by atoms with Crippen molar-refractivity contribution in [3.05, 3.63) is 24.2 Å². The van der Waals surface area contributed by atoms with Gasteiger partial charge in [0.1, 0.15) is 11.9 Å². The van der Waals surface area contributed by atoms with Crippen LogP contribution in [0.3, 0.4) is 0 Å². The maximum atomic E-state index is 10.0. The van der Waals surface area contributed by atoms with Crippen molar-refractivity contribution in [1.29, 1.82) is 0 Å². The lowest BCUT2D eigenvalue weighted by Crippen LogP contribution is -2.41. The molecule has 0 saturated carbocycles. The van der Waals surface area contributed by atoms with Gasteiger partial charge in [-0.05, 0) is 53.2 Å². The topological polar surface area (TPSA) is 73.0 Å². The number of aliphatic hydroxyl groups is 1. The van der Waals surface area contributed by atoms with Crippen LogP contribution in [0.4, 0.5) is 0 Å². The Morgan fingerprint density at radius 3 is 2.50 bits per heavy atom. The summed E-state index contributed by atoms with van der Waals surface area (Å²) < 4.78 is 5.19. The fourth-order valence-electron chi connectivity index (χ4n) is 2.67. The Labute approximate surface area is 146 Å². The molecule has 0 radical (unpaired) electrons. The van der Waals surface area contributed by atoms with Crippen molar-refractivity contribution in [1.82, 2.24) is 15.5 Å². The van der Waals surface area contributed by atoms with Crippen molar-refractivity contribution < 1.29 is 9.52 Å². The van der Waals surface area contributed by atoms with Crippen LogP contribution < -0.4 is 10.6 Å². The molecule has 0 aliphatic carbocycles. The lowest BCUT2D eigenvalue weighted by atomic mass is 10.2. The smallest absolute Gasteiger partial charge is 0.191 e. The number of aliphatic hydroxyl groups excluding tert-OH is 1. The first-order valence-electron chi connectivity index (χ1n) is 8.95. The second-order valence-electron chi connectivity index (χ2n) is 6.46. The summed E-state index contributed by atoms with van der Waals surface area (Å²) in [5.74, 6) is 1.27. The minimum absolute atomic E-state index is 0.271. The van der Waals surface area contributed by atoms with Crippen molar-refractivity contribution in [2.24, 2.45) is 4.99 Å². The summed E-state index contributed by atoms with van der Waals surface area (Å²) in [5, 5.41) is 16.6. The van der Waals surface area contributed by atoms with E-state index in [1.165, 1.54) is 0 Å². The van der Waals surface area contributed by atoms with Crippen molar-refractivity contribution in [3.8, 4) is 0 Å². The first-order chi connectivity index (χ1) is 11.5. The van der Waals surface area contributed by atoms with Gasteiger partial charge in [0, 0.05) is 31.7 Å². The Hall–Kier alpha value is -1.53. The fraction of sp³-hybridized carbons (Fsp3) is 0.722. The SMILES string of the molecule is CCNC(=NCC(O)c1ccco1)NCCCN(C(C)C)C(C)C. The van der Waals surface area contributed by atoms with Gasteiger partial charge in [0.15, 0.2) is 5.96 Å². The molecule has 0 aliphatic heterocycles. The van der Waals surface area contributed by atoms with Crippen LogP contribution in [0.2, 0.25) is 0 Å². The number of nitrogens with zero attached hydrogens (tertiary/aromatic N) is 2. The van der Waals surface area contributed by atoms with Crippen LogP contribution >= 0.6 is 0 Å². The molecule has 0 aromatic carbocycles. The van der Waals surface area contributed by atoms with E-state index in [1.807, 2.05) is 6.92 Å². The van der Waals surface area contributed by atoms with Gasteiger partial charge < -0.3 is 20.2 Å². The summed E-state index contributed by atoms with van der Waals surface area (Å²) in [6, 6.07) is 4.62. The molecule has 0 amide bonds. The van der Waals surface area contributed by atoms with Gasteiger partial charge >= 0.3 is 0 Å². The zero-order valence-corrected chi connectivity index (χ0v) is 15.7. The van der Waals surface area contributed by atoms with Gasteiger partial charge in [-0.1, -0.05) is 0 Å². The second kappa shape index (κ2) is 11.1. The summed E-state index contributed by atoms with van der Waals surface area (Å²) in [6.07, 6.45) is 1.88. The average Bonchev–Trinajstić information content (AvgIpc) is 3.05. The number of aliphatic imine (C=N–C) groups is 1. The quantitative estimate of drug-likeness (QED) is 0.347. The molecule has 1 aromatic heterocycles. The van der Waals surface area contributed by atoms with Crippen LogP contribution in [0.25, 0.3) is 0 Å². The maximum absolute atomic E-state index is 10.0. The zero-order chi connectivity index (χ0) is 17.9. The van der Waals surface area contributed by atoms with E-state index in [9.17, 15) is 5.11 Å². The lowest BCUT2D eigenvalue weighted by molar-refractivity contribution is 0.158. The molecule has 1 heterocycles. The number of furan rings is 1. The van der Waals surface area contributed by atoms with E-state index in [0.29, 0.717) is 17.8 Å². The first-order valence-corrected chi connectivity index (χ1v) is 8.95. The molecule has 0 bridgehead atoms. The van der Waals surface area contributed by atoms with E-state index in [2.05, 4.69) is 48.2 Å². The van der Waals surface area contributed by atoms with Gasteiger partial charge in [0.05, 0.1) is 12.8 Å². The molecule has 1 unspecified atom stereocenters. The molecule has 0 aliphatic rings. The Balaban J connectivity index is 2.41. The largest absolute Gasteiger partial charge is 0.467 e. The molecular weight excluding hydrogens is 304 g/mol. The lowest BCUT2D eigenvalue weighted by Gasteiger charge is -2.30. The van der Waals surface area contributed by atoms with E-state index in [0.717, 1.165) is 32.0 Å². The minimum Gasteiger partial charge on any atom is -0.467 e. The van der Waals surface area contributed by atoms with Crippen molar-refractivity contribution in [2.75, 3.05) is 26.2 Å². The van der Waals surface area contributed by atoms with Gasteiger partial charge in [-0.2, -0.15) is 0 Å². The monoisotopic (exact) mass is 338 g/mol. The molecule has 0 fully saturated rings. The molecule has 1 atom stereocenters. The Bertz CT molecular complexity index is 450. The molecule has 6 nitrogen and oxygen atoms in total. The van der Waals surface area contributed by atoms with E-state index in [-0.39, 0.29) is 6.54 Å². The van der Waals surface area contributed by atoms with Gasteiger partial charge in [0.2, 0.25) is 0 Å². The summed E-state index contributed by atoms with van der Waals surface area (Å²) >= 11 is 0. The fourth-order valence-corrected chi connectivity index (χ4v) is 2.67. The maximum Gasteiger partial charge on any atom is 0.191 e. The standard InChI is InChI=1S/C18H34N4O2/c1-6-19-18(21-13-16(23)17-9-7-12-24-17)20-10-8-11-22(14(2)3)15(4)5/h7,9,12,14-16,23H,6,8,10-11,13H2,1-5H3,(H2,19,20,21). The average molecular weight is 338 g/mol. The third-order valence-electron chi connectivity index (χ3n) is 3.85. The highest BCUT2D eigenvalue weighted by Gasteiger charge is 2.13. The van der Waals surface area contributed by atoms with Gasteiger partial charge in [-0.3, -0.25) is 9.89 Å². The third kappa shape index (κ3) is 7.36. The van der Waals surface area contributed by atoms with E-state index in [1.54, 1.807) is 18.4 Å². The Morgan fingerprint density at radius 1 is 1.25 bits per heavy atom. The normalized spacial score (nSPS) is 13.8. The predicted molar refractivity (Wildman–Crippen MR) is 99.2 cm³/mol. The molecular formula is C18H34N4O2. The Kier molecular flexibility index (Phi) is 9.49. The highest BCUT2D eigenvalue weighted by atomic mass is 16.4. The van der Waals surface area contributed by atoms with Crippen LogP contribution in [-0.4, -0.2) is 54.2 Å². The van der Waals surface area contributed by atoms with Gasteiger partial charge in [-0.25, -0.2) is 0 Å². The summed E-state index contributed by atoms with van der Waals surface area (Å²) in [5.41, 5.74) is 0. The van der Waals surface area contributed by atoms with Crippen LogP contribution in [0.1, 0.15) is 52.9 Å². The van der Waals surface area contributed by atoms with E-state index < -0.39 is 6.10 Å². The highest BCUT2D eigenvalue weighted by Crippen LogP contribution is 2.12. The number of rotatable bonds is 10. The highest BCUT2D eigenvalue weighted by molar-refractivity contribution is 5.79. The van der Waals surface area contributed by atoms with E-state index >= 15 is 0 Å². The van der Waals surface area contributed by atoms with Crippen LogP contribution in [-0.2, 0) is 0 Å². The molecule has 6 heteroatoms. The molecule has 1 aromatic rings. The third-order valence-corrected chi connectivity index (χ3v) is 3.85. The molecule has 1 rings (SSSR count). The molecule has 0 spiro atoms. The number of hydrogen-bond acceptors (Lipinski definition) is 4. The molecule has 24 heavy (non-hydrogen) atoms. The minimum atomic E-state index is -0.715. The van der Waals surface area contributed by atoms with Crippen LogP contribution in [0.15, 0.2) is 27.8 Å². The van der Waals surface area contributed by atoms with Crippen LogP contribution in [0.5, 0.6) is 0 Å². The van der Waals surface area contributed by atoms with Crippen molar-refractivity contribution >= 4 is 5.96 Å². The predicted octanol–water partition coefficient (Wildman–Crippen LogP) is 2.38. The van der Waals surface area contributed by atoms with Crippen molar-refractivity contribution in [3.63, 3.8) is 0 Å². The van der Waals surface area contributed by atoms with E-state index in [4.69, 9.17) is 4.42 Å². The Morgan fingerprint density at radius 2 is 1.96 bits per heavy atom. The molecule has 3 N–H and O–H groups in total. The number of hydrogen-bond donors (Lipinski definition) is 3.